The van der Waals surface area contributed by atoms with Crippen LogP contribution in [0.3, 0.4) is 0 Å². The fraction of sp³-hybridized carbons (Fsp3) is 0.286. The average Bonchev–Trinajstić information content (AvgIpc) is 2.69. The van der Waals surface area contributed by atoms with Crippen LogP contribution in [0.5, 0.6) is 0 Å². The summed E-state index contributed by atoms with van der Waals surface area (Å²) >= 11 is 0. The predicted octanol–water partition coefficient (Wildman–Crippen LogP) is 3.87. The second kappa shape index (κ2) is 8.30. The second-order valence-electron chi connectivity index (χ2n) is 6.53. The number of nitriles is 1. The molecule has 2 amide bonds. The van der Waals surface area contributed by atoms with Gasteiger partial charge in [-0.25, -0.2) is 0 Å². The zero-order valence-corrected chi connectivity index (χ0v) is 14.5. The number of nitrogens with zero attached hydrogens (tertiary/aromatic N) is 1. The minimum absolute atomic E-state index is 0.0921. The Labute approximate surface area is 153 Å². The topological polar surface area (TPSA) is 82.0 Å². The van der Waals surface area contributed by atoms with Crippen molar-refractivity contribution in [3.63, 3.8) is 0 Å². The highest BCUT2D eigenvalue weighted by atomic mass is 16.2. The van der Waals surface area contributed by atoms with E-state index >= 15 is 0 Å². The van der Waals surface area contributed by atoms with E-state index in [2.05, 4.69) is 10.6 Å². The van der Waals surface area contributed by atoms with Crippen LogP contribution in [0.25, 0.3) is 0 Å². The van der Waals surface area contributed by atoms with E-state index in [4.69, 9.17) is 5.26 Å². The van der Waals surface area contributed by atoms with Crippen LogP contribution < -0.4 is 10.6 Å². The second-order valence-corrected chi connectivity index (χ2v) is 6.53. The minimum Gasteiger partial charge on any atom is -0.349 e. The highest BCUT2D eigenvalue weighted by Crippen LogP contribution is 2.18. The fourth-order valence-electron chi connectivity index (χ4n) is 3.16. The first-order chi connectivity index (χ1) is 12.7. The van der Waals surface area contributed by atoms with Gasteiger partial charge in [0.25, 0.3) is 11.8 Å². The lowest BCUT2D eigenvalue weighted by molar-refractivity contribution is 0.0926. The van der Waals surface area contributed by atoms with Gasteiger partial charge in [0.15, 0.2) is 0 Å². The molecule has 0 spiro atoms. The first-order valence-corrected chi connectivity index (χ1v) is 8.88. The van der Waals surface area contributed by atoms with Crippen molar-refractivity contribution in [1.29, 1.82) is 5.26 Å². The van der Waals surface area contributed by atoms with Gasteiger partial charge >= 0.3 is 0 Å². The molecule has 2 aromatic rings. The molecule has 0 bridgehead atoms. The number of nitrogens with one attached hydrogen (secondary N) is 2. The van der Waals surface area contributed by atoms with E-state index in [-0.39, 0.29) is 17.9 Å². The SMILES string of the molecule is N#Cc1cccc(NC(=O)c2ccc(C(=O)NC3CCCCC3)cc2)c1. The van der Waals surface area contributed by atoms with E-state index in [0.717, 1.165) is 25.7 Å². The number of rotatable bonds is 4. The molecular weight excluding hydrogens is 326 g/mol. The summed E-state index contributed by atoms with van der Waals surface area (Å²) in [5, 5.41) is 14.7. The Kier molecular flexibility index (Phi) is 5.65. The summed E-state index contributed by atoms with van der Waals surface area (Å²) in [5.74, 6) is -0.370. The highest BCUT2D eigenvalue weighted by molar-refractivity contribution is 6.05. The van der Waals surface area contributed by atoms with Gasteiger partial charge in [-0.2, -0.15) is 5.26 Å². The lowest BCUT2D eigenvalue weighted by Crippen LogP contribution is -2.36. The number of anilines is 1. The number of carbonyl (C=O) groups is 2. The third-order valence-corrected chi connectivity index (χ3v) is 4.60. The average molecular weight is 347 g/mol. The van der Waals surface area contributed by atoms with Gasteiger partial charge in [-0.1, -0.05) is 25.3 Å². The van der Waals surface area contributed by atoms with Crippen LogP contribution in [-0.4, -0.2) is 17.9 Å². The number of hydrogen-bond donors (Lipinski definition) is 2. The summed E-state index contributed by atoms with van der Waals surface area (Å²) < 4.78 is 0. The summed E-state index contributed by atoms with van der Waals surface area (Å²) in [6.45, 7) is 0. The monoisotopic (exact) mass is 347 g/mol. The molecule has 132 valence electrons. The number of carbonyl (C=O) groups excluding carboxylic acids is 2. The van der Waals surface area contributed by atoms with Gasteiger partial charge in [0.2, 0.25) is 0 Å². The molecule has 0 atom stereocenters. The third-order valence-electron chi connectivity index (χ3n) is 4.60. The molecule has 5 heteroatoms. The molecular formula is C21H21N3O2. The first-order valence-electron chi connectivity index (χ1n) is 8.88. The lowest BCUT2D eigenvalue weighted by atomic mass is 9.95. The van der Waals surface area contributed by atoms with Crippen molar-refractivity contribution in [1.82, 2.24) is 5.32 Å². The van der Waals surface area contributed by atoms with Gasteiger partial charge in [-0.05, 0) is 55.3 Å². The van der Waals surface area contributed by atoms with Crippen LogP contribution in [0.4, 0.5) is 5.69 Å². The lowest BCUT2D eigenvalue weighted by Gasteiger charge is -2.22. The molecule has 5 nitrogen and oxygen atoms in total. The normalized spacial score (nSPS) is 14.3. The summed E-state index contributed by atoms with van der Waals surface area (Å²) in [6, 6.07) is 15.6. The van der Waals surface area contributed by atoms with Crippen molar-refractivity contribution in [3.8, 4) is 6.07 Å². The predicted molar refractivity (Wildman–Crippen MR) is 99.9 cm³/mol. The zero-order valence-electron chi connectivity index (χ0n) is 14.5. The van der Waals surface area contributed by atoms with Crippen molar-refractivity contribution < 1.29 is 9.59 Å². The minimum atomic E-state index is -0.278. The van der Waals surface area contributed by atoms with Crippen LogP contribution in [0.15, 0.2) is 48.5 Å². The smallest absolute Gasteiger partial charge is 0.255 e. The van der Waals surface area contributed by atoms with Crippen LogP contribution in [0, 0.1) is 11.3 Å². The summed E-state index contributed by atoms with van der Waals surface area (Å²) in [5.41, 5.74) is 2.06. The Morgan fingerprint density at radius 1 is 0.923 bits per heavy atom. The maximum Gasteiger partial charge on any atom is 0.255 e. The van der Waals surface area contributed by atoms with Crippen molar-refractivity contribution >= 4 is 17.5 Å². The van der Waals surface area contributed by atoms with Gasteiger partial charge in [0, 0.05) is 22.9 Å². The van der Waals surface area contributed by atoms with Crippen molar-refractivity contribution in [2.75, 3.05) is 5.32 Å². The van der Waals surface area contributed by atoms with E-state index in [0.29, 0.717) is 22.4 Å². The third kappa shape index (κ3) is 4.48. The molecule has 2 N–H and O–H groups in total. The molecule has 1 fully saturated rings. The van der Waals surface area contributed by atoms with Crippen LogP contribution in [0.2, 0.25) is 0 Å². The largest absolute Gasteiger partial charge is 0.349 e. The molecule has 0 aliphatic heterocycles. The fourth-order valence-corrected chi connectivity index (χ4v) is 3.16. The molecule has 1 saturated carbocycles. The molecule has 3 rings (SSSR count). The first kappa shape index (κ1) is 17.7. The highest BCUT2D eigenvalue weighted by Gasteiger charge is 2.17. The van der Waals surface area contributed by atoms with E-state index < -0.39 is 0 Å². The van der Waals surface area contributed by atoms with E-state index in [9.17, 15) is 9.59 Å². The molecule has 0 heterocycles. The molecule has 0 aromatic heterocycles. The molecule has 26 heavy (non-hydrogen) atoms. The maximum absolute atomic E-state index is 12.3. The van der Waals surface area contributed by atoms with Crippen molar-refractivity contribution in [2.24, 2.45) is 0 Å². The summed E-state index contributed by atoms with van der Waals surface area (Å²) in [6.07, 6.45) is 5.64. The maximum atomic E-state index is 12.3. The van der Waals surface area contributed by atoms with Crippen LogP contribution in [0.1, 0.15) is 58.4 Å². The van der Waals surface area contributed by atoms with Gasteiger partial charge in [0.05, 0.1) is 11.6 Å². The van der Waals surface area contributed by atoms with Crippen LogP contribution >= 0.6 is 0 Å². The Balaban J connectivity index is 1.62. The van der Waals surface area contributed by atoms with Gasteiger partial charge in [-0.15, -0.1) is 0 Å². The standard InChI is InChI=1S/C21H21N3O2/c22-14-15-5-4-8-19(13-15)24-21(26)17-11-9-16(10-12-17)20(25)23-18-6-2-1-3-7-18/h4-5,8-13,18H,1-3,6-7H2,(H,23,25)(H,24,26). The molecule has 1 aliphatic carbocycles. The number of benzene rings is 2. The summed E-state index contributed by atoms with van der Waals surface area (Å²) in [7, 11) is 0. The number of amides is 2. The molecule has 1 aliphatic rings. The summed E-state index contributed by atoms with van der Waals surface area (Å²) in [4.78, 5) is 24.6. The van der Waals surface area contributed by atoms with Crippen LogP contribution in [-0.2, 0) is 0 Å². The quantitative estimate of drug-likeness (QED) is 0.881. The van der Waals surface area contributed by atoms with Gasteiger partial charge in [0.1, 0.15) is 0 Å². The molecule has 0 radical (unpaired) electrons. The Morgan fingerprint density at radius 3 is 2.23 bits per heavy atom. The van der Waals surface area contributed by atoms with E-state index in [1.54, 1.807) is 48.5 Å². The molecule has 2 aromatic carbocycles. The Hall–Kier alpha value is -3.13. The zero-order chi connectivity index (χ0) is 18.4. The molecule has 0 saturated heterocycles. The Bertz CT molecular complexity index is 831. The van der Waals surface area contributed by atoms with Crippen molar-refractivity contribution in [3.05, 3.63) is 65.2 Å². The van der Waals surface area contributed by atoms with Crippen molar-refractivity contribution in [2.45, 2.75) is 38.1 Å². The van der Waals surface area contributed by atoms with Gasteiger partial charge < -0.3 is 10.6 Å². The Morgan fingerprint density at radius 2 is 1.58 bits per heavy atom. The van der Waals surface area contributed by atoms with Gasteiger partial charge in [-0.3, -0.25) is 9.59 Å². The molecule has 0 unspecified atom stereocenters. The number of hydrogen-bond acceptors (Lipinski definition) is 3. The van der Waals surface area contributed by atoms with E-state index in [1.165, 1.54) is 6.42 Å². The van der Waals surface area contributed by atoms with E-state index in [1.807, 2.05) is 6.07 Å².